The quantitative estimate of drug-likeness (QED) is 0.263. The van der Waals surface area contributed by atoms with Crippen molar-refractivity contribution in [3.8, 4) is 0 Å². The van der Waals surface area contributed by atoms with E-state index in [0.29, 0.717) is 11.3 Å². The van der Waals surface area contributed by atoms with Crippen molar-refractivity contribution in [2.24, 2.45) is 0 Å². The Hall–Kier alpha value is -3.72. The maximum atomic E-state index is 12.7. The van der Waals surface area contributed by atoms with Crippen LogP contribution < -0.4 is 10.4 Å². The van der Waals surface area contributed by atoms with Gasteiger partial charge in [-0.15, -0.1) is 0 Å². The minimum Gasteiger partial charge on any atom is -0.462 e. The fraction of sp³-hybridized carbons (Fsp3) is 0.105. The molecule has 0 radical (unpaired) electrons. The van der Waals surface area contributed by atoms with Crippen LogP contribution in [0.2, 0.25) is 5.02 Å². The highest BCUT2D eigenvalue weighted by molar-refractivity contribution is 6.33. The standard InChI is InChI=1S/C19H14ClN3O6/c1-2-29-19(26)12-4-6-13(7-5-12)22-18(25)14(17(24)21-22)9-11-3-8-15(20)16(10-11)23(27)28/h3-10H,2H2,1H3,(H,21,24)/b14-9-. The summed E-state index contributed by atoms with van der Waals surface area (Å²) in [6.07, 6.45) is 1.24. The molecule has 2 aromatic carbocycles. The number of esters is 1. The lowest BCUT2D eigenvalue weighted by atomic mass is 10.1. The molecule has 148 valence electrons. The lowest BCUT2D eigenvalue weighted by Crippen LogP contribution is -2.35. The molecule has 0 aromatic heterocycles. The zero-order valence-electron chi connectivity index (χ0n) is 15.0. The van der Waals surface area contributed by atoms with Gasteiger partial charge in [-0.25, -0.2) is 9.80 Å². The molecule has 0 spiro atoms. The Balaban J connectivity index is 1.86. The summed E-state index contributed by atoms with van der Waals surface area (Å²) in [6.45, 7) is 1.92. The highest BCUT2D eigenvalue weighted by atomic mass is 35.5. The second-order valence-corrected chi connectivity index (χ2v) is 6.28. The summed E-state index contributed by atoms with van der Waals surface area (Å²) in [5, 5.41) is 12.0. The third kappa shape index (κ3) is 4.09. The van der Waals surface area contributed by atoms with Crippen molar-refractivity contribution < 1.29 is 24.0 Å². The molecule has 29 heavy (non-hydrogen) atoms. The third-order valence-electron chi connectivity index (χ3n) is 4.01. The molecule has 1 heterocycles. The van der Waals surface area contributed by atoms with E-state index in [1.165, 1.54) is 48.5 Å². The van der Waals surface area contributed by atoms with E-state index in [-0.39, 0.29) is 28.5 Å². The maximum Gasteiger partial charge on any atom is 0.338 e. The van der Waals surface area contributed by atoms with Crippen LogP contribution in [0.4, 0.5) is 11.4 Å². The fourth-order valence-corrected chi connectivity index (χ4v) is 2.81. The number of nitro groups is 1. The average Bonchev–Trinajstić information content (AvgIpc) is 2.97. The Labute approximate surface area is 169 Å². The summed E-state index contributed by atoms with van der Waals surface area (Å²) >= 11 is 5.77. The van der Waals surface area contributed by atoms with E-state index in [0.717, 1.165) is 5.01 Å². The molecule has 0 aliphatic carbocycles. The molecule has 0 bridgehead atoms. The Morgan fingerprint density at radius 3 is 2.55 bits per heavy atom. The van der Waals surface area contributed by atoms with Gasteiger partial charge in [-0.2, -0.15) is 0 Å². The van der Waals surface area contributed by atoms with Crippen LogP contribution in [0, 0.1) is 10.1 Å². The molecule has 10 heteroatoms. The van der Waals surface area contributed by atoms with Gasteiger partial charge < -0.3 is 4.74 Å². The van der Waals surface area contributed by atoms with Gasteiger partial charge >= 0.3 is 5.97 Å². The van der Waals surface area contributed by atoms with E-state index in [9.17, 15) is 24.5 Å². The monoisotopic (exact) mass is 415 g/mol. The molecule has 1 aliphatic rings. The fourth-order valence-electron chi connectivity index (χ4n) is 2.63. The van der Waals surface area contributed by atoms with Gasteiger partial charge in [0.05, 0.1) is 22.8 Å². The van der Waals surface area contributed by atoms with Crippen molar-refractivity contribution in [2.45, 2.75) is 6.92 Å². The number of carbonyl (C=O) groups is 3. The Morgan fingerprint density at radius 1 is 1.24 bits per heavy atom. The number of benzene rings is 2. The van der Waals surface area contributed by atoms with Gasteiger partial charge in [-0.1, -0.05) is 17.7 Å². The van der Waals surface area contributed by atoms with Crippen LogP contribution in [0.15, 0.2) is 48.0 Å². The van der Waals surface area contributed by atoms with Crippen molar-refractivity contribution in [2.75, 3.05) is 11.6 Å². The number of anilines is 1. The Bertz CT molecular complexity index is 1050. The summed E-state index contributed by atoms with van der Waals surface area (Å²) in [5.74, 6) is -1.81. The van der Waals surface area contributed by atoms with E-state index in [4.69, 9.17) is 16.3 Å². The van der Waals surface area contributed by atoms with Crippen LogP contribution >= 0.6 is 11.6 Å². The zero-order valence-corrected chi connectivity index (χ0v) is 15.8. The molecule has 3 rings (SSSR count). The van der Waals surface area contributed by atoms with E-state index in [1.807, 2.05) is 0 Å². The number of carbonyl (C=O) groups excluding carboxylic acids is 3. The van der Waals surface area contributed by atoms with Crippen LogP contribution in [0.25, 0.3) is 6.08 Å². The van der Waals surface area contributed by atoms with Crippen molar-refractivity contribution in [3.63, 3.8) is 0 Å². The summed E-state index contributed by atoms with van der Waals surface area (Å²) < 4.78 is 4.89. The summed E-state index contributed by atoms with van der Waals surface area (Å²) in [6, 6.07) is 9.86. The van der Waals surface area contributed by atoms with Crippen molar-refractivity contribution >= 4 is 46.8 Å². The van der Waals surface area contributed by atoms with Crippen LogP contribution in [-0.2, 0) is 14.3 Å². The first-order valence-corrected chi connectivity index (χ1v) is 8.78. The molecule has 1 aliphatic heterocycles. The van der Waals surface area contributed by atoms with Crippen molar-refractivity contribution in [1.82, 2.24) is 5.43 Å². The van der Waals surface area contributed by atoms with Gasteiger partial charge in [0.2, 0.25) is 0 Å². The predicted molar refractivity (Wildman–Crippen MR) is 104 cm³/mol. The largest absolute Gasteiger partial charge is 0.462 e. The number of amides is 2. The van der Waals surface area contributed by atoms with Crippen LogP contribution in [-0.4, -0.2) is 29.3 Å². The van der Waals surface area contributed by atoms with E-state index < -0.39 is 22.7 Å². The highest BCUT2D eigenvalue weighted by Gasteiger charge is 2.34. The van der Waals surface area contributed by atoms with Gasteiger partial charge in [0.15, 0.2) is 0 Å². The van der Waals surface area contributed by atoms with E-state index in [1.54, 1.807) is 6.92 Å². The van der Waals surface area contributed by atoms with Gasteiger partial charge in [-0.3, -0.25) is 25.1 Å². The first kappa shape index (κ1) is 20.0. The molecule has 1 N–H and O–H groups in total. The lowest BCUT2D eigenvalue weighted by Gasteiger charge is -2.14. The van der Waals surface area contributed by atoms with Gasteiger partial charge in [-0.05, 0) is 48.9 Å². The summed E-state index contributed by atoms with van der Waals surface area (Å²) in [4.78, 5) is 47.0. The molecule has 1 saturated heterocycles. The topological polar surface area (TPSA) is 119 Å². The normalized spacial score (nSPS) is 14.8. The lowest BCUT2D eigenvalue weighted by molar-refractivity contribution is -0.384. The molecule has 0 saturated carbocycles. The van der Waals surface area contributed by atoms with Gasteiger partial charge in [0.1, 0.15) is 10.6 Å². The van der Waals surface area contributed by atoms with Crippen LogP contribution in [0.3, 0.4) is 0 Å². The molecule has 1 fully saturated rings. The second-order valence-electron chi connectivity index (χ2n) is 5.87. The van der Waals surface area contributed by atoms with Crippen LogP contribution in [0.5, 0.6) is 0 Å². The number of rotatable bonds is 5. The number of nitrogens with one attached hydrogen (secondary N) is 1. The van der Waals surface area contributed by atoms with E-state index >= 15 is 0 Å². The molecule has 9 nitrogen and oxygen atoms in total. The molecular weight excluding hydrogens is 402 g/mol. The van der Waals surface area contributed by atoms with Gasteiger partial charge in [0.25, 0.3) is 17.5 Å². The summed E-state index contributed by atoms with van der Waals surface area (Å²) in [5.41, 5.74) is 2.80. The Morgan fingerprint density at radius 2 is 1.93 bits per heavy atom. The zero-order chi connectivity index (χ0) is 21.1. The molecule has 2 amide bonds. The number of hydrazine groups is 1. The number of nitro benzene ring substituents is 1. The number of nitrogens with zero attached hydrogens (tertiary/aromatic N) is 2. The van der Waals surface area contributed by atoms with Crippen molar-refractivity contribution in [1.29, 1.82) is 0 Å². The average molecular weight is 416 g/mol. The van der Waals surface area contributed by atoms with Crippen molar-refractivity contribution in [3.05, 3.63) is 74.3 Å². The number of halogens is 1. The Kier molecular flexibility index (Phi) is 5.60. The number of hydrogen-bond acceptors (Lipinski definition) is 6. The predicted octanol–water partition coefficient (Wildman–Crippen LogP) is 2.89. The summed E-state index contributed by atoms with van der Waals surface area (Å²) in [7, 11) is 0. The highest BCUT2D eigenvalue weighted by Crippen LogP contribution is 2.27. The number of hydrogen-bond donors (Lipinski definition) is 1. The van der Waals surface area contributed by atoms with Gasteiger partial charge in [0, 0.05) is 6.07 Å². The first-order chi connectivity index (χ1) is 13.8. The maximum absolute atomic E-state index is 12.7. The molecule has 2 aromatic rings. The minimum absolute atomic E-state index is 0.0531. The molecular formula is C19H14ClN3O6. The molecule has 0 unspecified atom stereocenters. The smallest absolute Gasteiger partial charge is 0.338 e. The number of ether oxygens (including phenoxy) is 1. The third-order valence-corrected chi connectivity index (χ3v) is 4.33. The van der Waals surface area contributed by atoms with E-state index in [2.05, 4.69) is 5.43 Å². The first-order valence-electron chi connectivity index (χ1n) is 8.40. The minimum atomic E-state index is -0.665. The second kappa shape index (κ2) is 8.11. The van der Waals surface area contributed by atoms with Crippen LogP contribution in [0.1, 0.15) is 22.8 Å². The SMILES string of the molecule is CCOC(=O)c1ccc(N2NC(=O)/C(=C/c3ccc(Cl)c([N+](=O)[O-])c3)C2=O)cc1. The molecule has 0 atom stereocenters.